The van der Waals surface area contributed by atoms with E-state index in [1.165, 1.54) is 6.20 Å². The highest BCUT2D eigenvalue weighted by atomic mass is 15.3. The molecule has 0 bridgehead atoms. The standard InChI is InChI=1S/C8H8N6/c9-13-8-12-7(5-11-14-8)6-3-1-2-4-10-6/h1-5H,9H2,(H,12,13,14). The van der Waals surface area contributed by atoms with E-state index in [4.69, 9.17) is 5.84 Å². The summed E-state index contributed by atoms with van der Waals surface area (Å²) in [6.07, 6.45) is 3.22. The topological polar surface area (TPSA) is 89.6 Å². The highest BCUT2D eigenvalue weighted by Gasteiger charge is 2.01. The Morgan fingerprint density at radius 1 is 1.21 bits per heavy atom. The van der Waals surface area contributed by atoms with E-state index in [2.05, 4.69) is 25.6 Å². The van der Waals surface area contributed by atoms with Crippen molar-refractivity contribution >= 4 is 5.95 Å². The van der Waals surface area contributed by atoms with Crippen LogP contribution < -0.4 is 11.3 Å². The van der Waals surface area contributed by atoms with E-state index in [0.717, 1.165) is 5.69 Å². The zero-order valence-corrected chi connectivity index (χ0v) is 7.25. The molecule has 2 rings (SSSR count). The predicted molar refractivity (Wildman–Crippen MR) is 50.9 cm³/mol. The van der Waals surface area contributed by atoms with Crippen molar-refractivity contribution in [1.82, 2.24) is 20.2 Å². The Kier molecular flexibility index (Phi) is 2.28. The van der Waals surface area contributed by atoms with E-state index >= 15 is 0 Å². The van der Waals surface area contributed by atoms with Gasteiger partial charge in [-0.25, -0.2) is 10.8 Å². The second-order valence-electron chi connectivity index (χ2n) is 2.52. The number of hydrazine groups is 1. The summed E-state index contributed by atoms with van der Waals surface area (Å²) in [7, 11) is 0. The van der Waals surface area contributed by atoms with Gasteiger partial charge in [0.15, 0.2) is 0 Å². The SMILES string of the molecule is NNc1nncc(-c2ccccn2)n1. The molecule has 0 saturated heterocycles. The third kappa shape index (κ3) is 1.64. The number of nitrogen functional groups attached to an aromatic ring is 1. The van der Waals surface area contributed by atoms with Crippen LogP contribution in [0.2, 0.25) is 0 Å². The normalized spacial score (nSPS) is 9.79. The molecular weight excluding hydrogens is 180 g/mol. The van der Waals surface area contributed by atoms with Gasteiger partial charge < -0.3 is 0 Å². The third-order valence-corrected chi connectivity index (χ3v) is 1.62. The van der Waals surface area contributed by atoms with Crippen molar-refractivity contribution in [3.8, 4) is 11.4 Å². The summed E-state index contributed by atoms with van der Waals surface area (Å²) in [6, 6.07) is 5.55. The number of hydrogen-bond acceptors (Lipinski definition) is 6. The smallest absolute Gasteiger partial charge is 0.257 e. The Labute approximate surface area is 80.2 Å². The van der Waals surface area contributed by atoms with Crippen molar-refractivity contribution < 1.29 is 0 Å². The number of nitrogens with zero attached hydrogens (tertiary/aromatic N) is 4. The first-order valence-corrected chi connectivity index (χ1v) is 3.98. The molecular formula is C8H8N6. The fourth-order valence-corrected chi connectivity index (χ4v) is 1.00. The zero-order valence-electron chi connectivity index (χ0n) is 7.25. The van der Waals surface area contributed by atoms with Gasteiger partial charge in [-0.05, 0) is 12.1 Å². The number of nitrogens with one attached hydrogen (secondary N) is 1. The minimum absolute atomic E-state index is 0.271. The van der Waals surface area contributed by atoms with Crippen LogP contribution in [0.5, 0.6) is 0 Å². The molecule has 0 fully saturated rings. The molecule has 6 nitrogen and oxygen atoms in total. The molecule has 2 aromatic rings. The average Bonchev–Trinajstić information content (AvgIpc) is 2.30. The van der Waals surface area contributed by atoms with Crippen molar-refractivity contribution in [1.29, 1.82) is 0 Å². The van der Waals surface area contributed by atoms with Gasteiger partial charge in [0.1, 0.15) is 5.69 Å². The van der Waals surface area contributed by atoms with Gasteiger partial charge in [-0.2, -0.15) is 5.10 Å². The van der Waals surface area contributed by atoms with E-state index in [9.17, 15) is 0 Å². The van der Waals surface area contributed by atoms with Crippen molar-refractivity contribution in [3.63, 3.8) is 0 Å². The lowest BCUT2D eigenvalue weighted by atomic mass is 10.3. The summed E-state index contributed by atoms with van der Waals surface area (Å²) in [4.78, 5) is 8.21. The van der Waals surface area contributed by atoms with E-state index in [-0.39, 0.29) is 5.95 Å². The average molecular weight is 188 g/mol. The fourth-order valence-electron chi connectivity index (χ4n) is 1.00. The van der Waals surface area contributed by atoms with Gasteiger partial charge in [0.05, 0.1) is 11.9 Å². The van der Waals surface area contributed by atoms with Gasteiger partial charge >= 0.3 is 0 Å². The highest BCUT2D eigenvalue weighted by Crippen LogP contribution is 2.11. The van der Waals surface area contributed by atoms with Gasteiger partial charge in [-0.15, -0.1) is 5.10 Å². The summed E-state index contributed by atoms with van der Waals surface area (Å²) in [5, 5.41) is 7.40. The van der Waals surface area contributed by atoms with Gasteiger partial charge in [0, 0.05) is 6.20 Å². The summed E-state index contributed by atoms with van der Waals surface area (Å²) in [6.45, 7) is 0. The Morgan fingerprint density at radius 3 is 2.86 bits per heavy atom. The maximum atomic E-state index is 5.16. The number of anilines is 1. The summed E-state index contributed by atoms with van der Waals surface area (Å²) < 4.78 is 0. The van der Waals surface area contributed by atoms with E-state index in [0.29, 0.717) is 5.69 Å². The van der Waals surface area contributed by atoms with Gasteiger partial charge in [0.2, 0.25) is 0 Å². The van der Waals surface area contributed by atoms with Crippen LogP contribution in [0.1, 0.15) is 0 Å². The highest BCUT2D eigenvalue weighted by molar-refractivity contribution is 5.53. The molecule has 70 valence electrons. The van der Waals surface area contributed by atoms with Crippen molar-refractivity contribution in [2.45, 2.75) is 0 Å². The summed E-state index contributed by atoms with van der Waals surface area (Å²) in [5.74, 6) is 5.43. The Balaban J connectivity index is 2.42. The van der Waals surface area contributed by atoms with Gasteiger partial charge in [0.25, 0.3) is 5.95 Å². The van der Waals surface area contributed by atoms with Crippen molar-refractivity contribution in [2.24, 2.45) is 5.84 Å². The van der Waals surface area contributed by atoms with E-state index < -0.39 is 0 Å². The van der Waals surface area contributed by atoms with Gasteiger partial charge in [-0.1, -0.05) is 6.07 Å². The molecule has 0 aliphatic carbocycles. The molecule has 2 aromatic heterocycles. The molecule has 0 spiro atoms. The number of pyridine rings is 1. The monoisotopic (exact) mass is 188 g/mol. The molecule has 0 amide bonds. The molecule has 0 aromatic carbocycles. The molecule has 0 radical (unpaired) electrons. The maximum Gasteiger partial charge on any atom is 0.257 e. The van der Waals surface area contributed by atoms with E-state index in [1.807, 2.05) is 18.2 Å². The largest absolute Gasteiger partial charge is 0.291 e. The fraction of sp³-hybridized carbons (Fsp3) is 0. The first kappa shape index (κ1) is 8.52. The van der Waals surface area contributed by atoms with Crippen LogP contribution in [-0.4, -0.2) is 20.2 Å². The molecule has 2 heterocycles. The van der Waals surface area contributed by atoms with Crippen LogP contribution in [0.3, 0.4) is 0 Å². The molecule has 0 aliphatic heterocycles. The Hall–Kier alpha value is -2.08. The van der Waals surface area contributed by atoms with Crippen LogP contribution in [0.25, 0.3) is 11.4 Å². The first-order chi connectivity index (χ1) is 6.90. The van der Waals surface area contributed by atoms with Crippen LogP contribution in [0, 0.1) is 0 Å². The van der Waals surface area contributed by atoms with Crippen LogP contribution in [-0.2, 0) is 0 Å². The van der Waals surface area contributed by atoms with Crippen molar-refractivity contribution in [3.05, 3.63) is 30.6 Å². The lowest BCUT2D eigenvalue weighted by molar-refractivity contribution is 0.962. The zero-order chi connectivity index (χ0) is 9.80. The molecule has 0 aliphatic rings. The summed E-state index contributed by atoms with van der Waals surface area (Å²) in [5.41, 5.74) is 3.69. The maximum absolute atomic E-state index is 5.16. The second kappa shape index (κ2) is 3.75. The van der Waals surface area contributed by atoms with Crippen LogP contribution in [0.4, 0.5) is 5.95 Å². The van der Waals surface area contributed by atoms with Gasteiger partial charge in [-0.3, -0.25) is 10.4 Å². The molecule has 6 heteroatoms. The lowest BCUT2D eigenvalue weighted by Gasteiger charge is -2.00. The second-order valence-corrected chi connectivity index (χ2v) is 2.52. The minimum atomic E-state index is 0.271. The minimum Gasteiger partial charge on any atom is -0.291 e. The lowest BCUT2D eigenvalue weighted by Crippen LogP contribution is -2.11. The van der Waals surface area contributed by atoms with Crippen LogP contribution >= 0.6 is 0 Å². The number of aromatic nitrogens is 4. The molecule has 0 atom stereocenters. The molecule has 0 unspecified atom stereocenters. The molecule has 14 heavy (non-hydrogen) atoms. The Bertz CT molecular complexity index is 415. The molecule has 0 saturated carbocycles. The number of hydrogen-bond donors (Lipinski definition) is 2. The quantitative estimate of drug-likeness (QED) is 0.517. The van der Waals surface area contributed by atoms with Crippen LogP contribution in [0.15, 0.2) is 30.6 Å². The predicted octanol–water partition coefficient (Wildman–Crippen LogP) is 0.219. The number of nitrogens with two attached hydrogens (primary N) is 1. The Morgan fingerprint density at radius 2 is 2.14 bits per heavy atom. The molecule has 3 N–H and O–H groups in total. The van der Waals surface area contributed by atoms with E-state index in [1.54, 1.807) is 6.20 Å². The summed E-state index contributed by atoms with van der Waals surface area (Å²) >= 11 is 0. The van der Waals surface area contributed by atoms with Crippen molar-refractivity contribution in [2.75, 3.05) is 5.43 Å². The first-order valence-electron chi connectivity index (χ1n) is 3.98. The third-order valence-electron chi connectivity index (χ3n) is 1.62. The number of rotatable bonds is 2.